The van der Waals surface area contributed by atoms with Crippen molar-refractivity contribution in [1.29, 1.82) is 5.26 Å². The normalized spacial score (nSPS) is 9.93. The molecule has 0 saturated heterocycles. The molecule has 1 aromatic rings. The molecule has 0 unspecified atom stereocenters. The van der Waals surface area contributed by atoms with Crippen molar-refractivity contribution in [3.05, 3.63) is 34.4 Å². The molecule has 0 N–H and O–H groups in total. The van der Waals surface area contributed by atoms with Gasteiger partial charge < -0.3 is 0 Å². The van der Waals surface area contributed by atoms with E-state index in [1.54, 1.807) is 6.07 Å². The quantitative estimate of drug-likeness (QED) is 0.668. The number of aryl methyl sites for hydroxylation is 1. The lowest BCUT2D eigenvalue weighted by Gasteiger charge is -2.10. The molecule has 0 bridgehead atoms. The van der Waals surface area contributed by atoms with E-state index in [1.165, 1.54) is 0 Å². The molecule has 0 fully saturated rings. The van der Waals surface area contributed by atoms with E-state index < -0.39 is 0 Å². The smallest absolute Gasteiger partial charge is 0.150 e. The summed E-state index contributed by atoms with van der Waals surface area (Å²) in [6.45, 7) is 5.87. The minimum absolute atomic E-state index is 0.267. The SMILES string of the molecule is Cc1cc(C=O)c(C(C)C)cc1C#N. The molecular weight excluding hydrogens is 174 g/mol. The fourth-order valence-corrected chi connectivity index (χ4v) is 1.47. The number of carbonyl (C=O) groups excluding carboxylic acids is 1. The molecule has 2 nitrogen and oxygen atoms in total. The van der Waals surface area contributed by atoms with Crippen LogP contribution in [0.25, 0.3) is 0 Å². The van der Waals surface area contributed by atoms with Gasteiger partial charge in [0.1, 0.15) is 6.29 Å². The molecule has 1 aromatic carbocycles. The summed E-state index contributed by atoms with van der Waals surface area (Å²) in [7, 11) is 0. The summed E-state index contributed by atoms with van der Waals surface area (Å²) >= 11 is 0. The summed E-state index contributed by atoms with van der Waals surface area (Å²) in [5, 5.41) is 8.85. The highest BCUT2D eigenvalue weighted by molar-refractivity contribution is 5.78. The van der Waals surface area contributed by atoms with Crippen LogP contribution in [0.2, 0.25) is 0 Å². The van der Waals surface area contributed by atoms with Gasteiger partial charge >= 0.3 is 0 Å². The average molecular weight is 187 g/mol. The van der Waals surface area contributed by atoms with Gasteiger partial charge in [0.05, 0.1) is 11.6 Å². The number of rotatable bonds is 2. The molecule has 2 heteroatoms. The van der Waals surface area contributed by atoms with Crippen molar-refractivity contribution < 1.29 is 4.79 Å². The number of benzene rings is 1. The lowest BCUT2D eigenvalue weighted by molar-refractivity contribution is 0.112. The molecular formula is C12H13NO. The maximum Gasteiger partial charge on any atom is 0.150 e. The third-order valence-corrected chi connectivity index (χ3v) is 2.30. The first-order chi connectivity index (χ1) is 6.60. The van der Waals surface area contributed by atoms with Crippen LogP contribution < -0.4 is 0 Å². The fraction of sp³-hybridized carbons (Fsp3) is 0.333. The largest absolute Gasteiger partial charge is 0.298 e. The van der Waals surface area contributed by atoms with E-state index in [0.717, 1.165) is 17.4 Å². The van der Waals surface area contributed by atoms with E-state index in [9.17, 15) is 4.79 Å². The molecule has 0 aliphatic carbocycles. The van der Waals surface area contributed by atoms with Gasteiger partial charge in [-0.2, -0.15) is 5.26 Å². The van der Waals surface area contributed by atoms with E-state index in [0.29, 0.717) is 11.1 Å². The second-order valence-corrected chi connectivity index (χ2v) is 3.68. The highest BCUT2D eigenvalue weighted by atomic mass is 16.1. The van der Waals surface area contributed by atoms with Gasteiger partial charge in [-0.1, -0.05) is 13.8 Å². The molecule has 0 atom stereocenters. The van der Waals surface area contributed by atoms with Crippen molar-refractivity contribution in [2.24, 2.45) is 0 Å². The Hall–Kier alpha value is -1.62. The van der Waals surface area contributed by atoms with Crippen LogP contribution in [0.15, 0.2) is 12.1 Å². The highest BCUT2D eigenvalue weighted by Gasteiger charge is 2.09. The predicted octanol–water partition coefficient (Wildman–Crippen LogP) is 2.80. The van der Waals surface area contributed by atoms with Crippen molar-refractivity contribution in [2.75, 3.05) is 0 Å². The summed E-state index contributed by atoms with van der Waals surface area (Å²) in [6, 6.07) is 5.71. The Morgan fingerprint density at radius 1 is 1.43 bits per heavy atom. The van der Waals surface area contributed by atoms with Crippen molar-refractivity contribution in [1.82, 2.24) is 0 Å². The zero-order valence-corrected chi connectivity index (χ0v) is 8.66. The van der Waals surface area contributed by atoms with Crippen molar-refractivity contribution in [2.45, 2.75) is 26.7 Å². The van der Waals surface area contributed by atoms with E-state index in [-0.39, 0.29) is 5.92 Å². The Labute approximate surface area is 84.2 Å². The first-order valence-corrected chi connectivity index (χ1v) is 4.60. The van der Waals surface area contributed by atoms with Gasteiger partial charge in [-0.15, -0.1) is 0 Å². The molecule has 0 aliphatic heterocycles. The second kappa shape index (κ2) is 4.06. The van der Waals surface area contributed by atoms with Crippen molar-refractivity contribution >= 4 is 6.29 Å². The zero-order chi connectivity index (χ0) is 10.7. The number of carbonyl (C=O) groups is 1. The first-order valence-electron chi connectivity index (χ1n) is 4.60. The lowest BCUT2D eigenvalue weighted by Crippen LogP contribution is -1.98. The maximum absolute atomic E-state index is 10.8. The molecule has 0 radical (unpaired) electrons. The summed E-state index contributed by atoms with van der Waals surface area (Å²) in [5.74, 6) is 0.267. The van der Waals surface area contributed by atoms with Gasteiger partial charge in [-0.25, -0.2) is 0 Å². The molecule has 0 aromatic heterocycles. The van der Waals surface area contributed by atoms with Crippen LogP contribution in [0.5, 0.6) is 0 Å². The third kappa shape index (κ3) is 1.82. The van der Waals surface area contributed by atoms with Gasteiger partial charge in [0.15, 0.2) is 0 Å². The van der Waals surface area contributed by atoms with Crippen LogP contribution in [0.1, 0.15) is 46.8 Å². The molecule has 0 amide bonds. The van der Waals surface area contributed by atoms with E-state index in [1.807, 2.05) is 26.8 Å². The predicted molar refractivity (Wildman–Crippen MR) is 55.4 cm³/mol. The minimum atomic E-state index is 0.267. The maximum atomic E-state index is 10.8. The number of hydrogen-bond donors (Lipinski definition) is 0. The molecule has 0 aliphatic rings. The van der Waals surface area contributed by atoms with Crippen LogP contribution >= 0.6 is 0 Å². The Balaban J connectivity index is 3.41. The van der Waals surface area contributed by atoms with Gasteiger partial charge in [-0.3, -0.25) is 4.79 Å². The fourth-order valence-electron chi connectivity index (χ4n) is 1.47. The van der Waals surface area contributed by atoms with Crippen LogP contribution in [-0.2, 0) is 0 Å². The molecule has 0 heterocycles. The van der Waals surface area contributed by atoms with Crippen LogP contribution in [0, 0.1) is 18.3 Å². The summed E-state index contributed by atoms with van der Waals surface area (Å²) in [5.41, 5.74) is 3.15. The molecule has 14 heavy (non-hydrogen) atoms. The summed E-state index contributed by atoms with van der Waals surface area (Å²) in [4.78, 5) is 10.8. The average Bonchev–Trinajstić information content (AvgIpc) is 2.16. The van der Waals surface area contributed by atoms with E-state index >= 15 is 0 Å². The standard InChI is InChI=1S/C12H13NO/c1-8(2)12-5-10(6-13)9(3)4-11(12)7-14/h4-5,7-8H,1-3H3. The number of nitriles is 1. The summed E-state index contributed by atoms with van der Waals surface area (Å²) in [6.07, 6.45) is 0.851. The Bertz CT molecular complexity index is 400. The number of aldehydes is 1. The molecule has 72 valence electrons. The molecule has 0 spiro atoms. The third-order valence-electron chi connectivity index (χ3n) is 2.30. The number of nitrogens with zero attached hydrogens (tertiary/aromatic N) is 1. The van der Waals surface area contributed by atoms with Gasteiger partial charge in [-0.05, 0) is 36.1 Å². The summed E-state index contributed by atoms with van der Waals surface area (Å²) < 4.78 is 0. The molecule has 0 saturated carbocycles. The highest BCUT2D eigenvalue weighted by Crippen LogP contribution is 2.22. The second-order valence-electron chi connectivity index (χ2n) is 3.68. The van der Waals surface area contributed by atoms with E-state index in [2.05, 4.69) is 6.07 Å². The molecule has 1 rings (SSSR count). The van der Waals surface area contributed by atoms with Gasteiger partial charge in [0.25, 0.3) is 0 Å². The Morgan fingerprint density at radius 2 is 2.07 bits per heavy atom. The van der Waals surface area contributed by atoms with Crippen LogP contribution in [0.4, 0.5) is 0 Å². The van der Waals surface area contributed by atoms with Crippen LogP contribution in [-0.4, -0.2) is 6.29 Å². The Morgan fingerprint density at radius 3 is 2.50 bits per heavy atom. The van der Waals surface area contributed by atoms with Crippen molar-refractivity contribution in [3.8, 4) is 6.07 Å². The first kappa shape index (κ1) is 10.5. The zero-order valence-electron chi connectivity index (χ0n) is 8.66. The van der Waals surface area contributed by atoms with Crippen molar-refractivity contribution in [3.63, 3.8) is 0 Å². The van der Waals surface area contributed by atoms with E-state index in [4.69, 9.17) is 5.26 Å². The van der Waals surface area contributed by atoms with Gasteiger partial charge in [0.2, 0.25) is 0 Å². The Kier molecular flexibility index (Phi) is 3.03. The number of hydrogen-bond acceptors (Lipinski definition) is 2. The van der Waals surface area contributed by atoms with Crippen LogP contribution in [0.3, 0.4) is 0 Å². The minimum Gasteiger partial charge on any atom is -0.298 e. The topological polar surface area (TPSA) is 40.9 Å². The monoisotopic (exact) mass is 187 g/mol. The van der Waals surface area contributed by atoms with Gasteiger partial charge in [0, 0.05) is 5.56 Å². The lowest BCUT2D eigenvalue weighted by atomic mass is 9.93.